The summed E-state index contributed by atoms with van der Waals surface area (Å²) in [5, 5.41) is 3.08. The Balaban J connectivity index is 0.00000196. The fraction of sp³-hybridized carbons (Fsp3) is 0.300. The van der Waals surface area contributed by atoms with Crippen LogP contribution in [0.2, 0.25) is 0 Å². The maximum Gasteiger partial charge on any atom is 1.00 e. The minimum Gasteiger partial charge on any atom is -0.411 e. The van der Waals surface area contributed by atoms with Gasteiger partial charge in [0.1, 0.15) is 0 Å². The maximum absolute atomic E-state index is 5.03. The van der Waals surface area contributed by atoms with Crippen LogP contribution in [0, 0.1) is 0 Å². The van der Waals surface area contributed by atoms with Crippen molar-refractivity contribution >= 4 is 34.9 Å². The van der Waals surface area contributed by atoms with Gasteiger partial charge in [-0.15, -0.1) is 0 Å². The topological polar surface area (TPSA) is 15.3 Å². The molecule has 0 unspecified atom stereocenters. The quantitative estimate of drug-likeness (QED) is 0.398. The second-order valence-electron chi connectivity index (χ2n) is 2.86. The minimum absolute atomic E-state index is 0. The molecule has 0 heterocycles. The largest absolute Gasteiger partial charge is 1.00 e. The average Bonchev–Trinajstić information content (AvgIpc) is 2.19. The van der Waals surface area contributed by atoms with E-state index in [0.29, 0.717) is 4.32 Å². The number of rotatable bonds is 4. The normalized spacial score (nSPS) is 9.13. The average molecular weight is 248 g/mol. The van der Waals surface area contributed by atoms with Crippen molar-refractivity contribution in [3.8, 4) is 0 Å². The van der Waals surface area contributed by atoms with Gasteiger partial charge in [-0.1, -0.05) is 22.5 Å². The van der Waals surface area contributed by atoms with E-state index in [0.717, 1.165) is 18.8 Å². The van der Waals surface area contributed by atoms with Gasteiger partial charge in [-0.25, -0.2) is 0 Å². The molecule has 0 atom stereocenters. The number of thiocarbonyl (C=S) groups is 1. The smallest absolute Gasteiger partial charge is 0.411 e. The van der Waals surface area contributed by atoms with E-state index in [1.165, 1.54) is 0 Å². The predicted molar refractivity (Wildman–Crippen MR) is 67.7 cm³/mol. The second-order valence-corrected chi connectivity index (χ2v) is 3.89. The molecule has 0 aliphatic heterocycles. The predicted octanol–water partition coefficient (Wildman–Crippen LogP) is -1.45. The Morgan fingerprint density at radius 1 is 1.40 bits per heavy atom. The van der Waals surface area contributed by atoms with E-state index in [4.69, 9.17) is 24.8 Å². The fourth-order valence-corrected chi connectivity index (χ4v) is 1.55. The van der Waals surface area contributed by atoms with Crippen LogP contribution in [-0.2, 0) is 12.6 Å². The van der Waals surface area contributed by atoms with Crippen molar-refractivity contribution in [1.29, 1.82) is 0 Å². The number of benzene rings is 1. The van der Waals surface area contributed by atoms with Crippen LogP contribution in [0.25, 0.3) is 0 Å². The molecule has 0 aliphatic carbocycles. The van der Waals surface area contributed by atoms with Gasteiger partial charge in [-0.2, -0.15) is 0 Å². The van der Waals surface area contributed by atoms with E-state index in [1.54, 1.807) is 0 Å². The first-order valence-corrected chi connectivity index (χ1v) is 5.25. The van der Waals surface area contributed by atoms with Crippen LogP contribution in [0.15, 0.2) is 30.3 Å². The summed E-state index contributed by atoms with van der Waals surface area (Å²) in [4.78, 5) is 1.95. The molecule has 1 N–H and O–H groups in total. The molecule has 1 aromatic rings. The fourth-order valence-electron chi connectivity index (χ4n) is 1.16. The SMILES string of the molecule is CNCCN(C(=S)[S-])c1ccccc1.[Na+]. The van der Waals surface area contributed by atoms with Crippen molar-refractivity contribution < 1.29 is 29.6 Å². The van der Waals surface area contributed by atoms with Crippen molar-refractivity contribution in [1.82, 2.24) is 5.32 Å². The third-order valence-corrected chi connectivity index (χ3v) is 2.31. The standard InChI is InChI=1S/C10H14N2S2.Na/c1-11-7-8-12(10(13)14)9-5-3-2-4-6-9;/h2-6,11H,7-8H2,1H3,(H,13,14);/q;+1/p-1. The first kappa shape index (κ1) is 15.3. The van der Waals surface area contributed by atoms with Crippen LogP contribution in [0.3, 0.4) is 0 Å². The summed E-state index contributed by atoms with van der Waals surface area (Å²) in [6.07, 6.45) is 0. The van der Waals surface area contributed by atoms with Gasteiger partial charge in [0.25, 0.3) is 0 Å². The molecule has 2 nitrogen and oxygen atoms in total. The molecule has 0 bridgehead atoms. The summed E-state index contributed by atoms with van der Waals surface area (Å²) < 4.78 is 0.492. The summed E-state index contributed by atoms with van der Waals surface area (Å²) in [7, 11) is 1.91. The van der Waals surface area contributed by atoms with Gasteiger partial charge in [-0.05, 0) is 19.2 Å². The van der Waals surface area contributed by atoms with Gasteiger partial charge in [0.15, 0.2) is 0 Å². The monoisotopic (exact) mass is 248 g/mol. The van der Waals surface area contributed by atoms with Gasteiger partial charge >= 0.3 is 29.6 Å². The number of nitrogens with one attached hydrogen (secondary N) is 1. The number of anilines is 1. The van der Waals surface area contributed by atoms with Crippen LogP contribution in [0.5, 0.6) is 0 Å². The van der Waals surface area contributed by atoms with E-state index in [2.05, 4.69) is 5.32 Å². The first-order chi connectivity index (χ1) is 6.75. The molecule has 1 rings (SSSR count). The summed E-state index contributed by atoms with van der Waals surface area (Å²) >= 11 is 10.1. The zero-order valence-electron chi connectivity index (χ0n) is 9.06. The molecule has 0 aliphatic rings. The van der Waals surface area contributed by atoms with Crippen molar-refractivity contribution in [2.45, 2.75) is 0 Å². The molecule has 0 radical (unpaired) electrons. The Morgan fingerprint density at radius 2 is 2.00 bits per heavy atom. The van der Waals surface area contributed by atoms with E-state index < -0.39 is 0 Å². The van der Waals surface area contributed by atoms with Crippen LogP contribution in [0.4, 0.5) is 5.69 Å². The Bertz CT molecular complexity index is 293. The summed E-state index contributed by atoms with van der Waals surface area (Å²) in [6.45, 7) is 1.68. The zero-order chi connectivity index (χ0) is 10.4. The number of para-hydroxylation sites is 1. The molecule has 0 amide bonds. The van der Waals surface area contributed by atoms with Crippen LogP contribution in [-0.4, -0.2) is 24.5 Å². The van der Waals surface area contributed by atoms with E-state index in [1.807, 2.05) is 42.3 Å². The number of hydrogen-bond donors (Lipinski definition) is 1. The van der Waals surface area contributed by atoms with Gasteiger partial charge in [0.05, 0.1) is 0 Å². The molecule has 0 fully saturated rings. The zero-order valence-corrected chi connectivity index (χ0v) is 12.7. The Morgan fingerprint density at radius 3 is 2.47 bits per heavy atom. The molecule has 0 aromatic heterocycles. The van der Waals surface area contributed by atoms with Crippen molar-refractivity contribution in [2.75, 3.05) is 25.0 Å². The third-order valence-electron chi connectivity index (χ3n) is 1.87. The molecule has 5 heteroatoms. The van der Waals surface area contributed by atoms with Crippen molar-refractivity contribution in [3.63, 3.8) is 0 Å². The molecule has 0 saturated carbocycles. The van der Waals surface area contributed by atoms with Crippen LogP contribution < -0.4 is 39.8 Å². The molecule has 15 heavy (non-hydrogen) atoms. The number of hydrogen-bond acceptors (Lipinski definition) is 3. The van der Waals surface area contributed by atoms with Gasteiger partial charge in [0, 0.05) is 18.8 Å². The number of nitrogens with zero attached hydrogens (tertiary/aromatic N) is 1. The summed E-state index contributed by atoms with van der Waals surface area (Å²) in [5.41, 5.74) is 1.06. The van der Waals surface area contributed by atoms with E-state index >= 15 is 0 Å². The second kappa shape index (κ2) is 8.44. The van der Waals surface area contributed by atoms with Crippen LogP contribution >= 0.6 is 12.2 Å². The summed E-state index contributed by atoms with van der Waals surface area (Å²) in [5.74, 6) is 0. The molecular weight excluding hydrogens is 235 g/mol. The van der Waals surface area contributed by atoms with Crippen LogP contribution in [0.1, 0.15) is 0 Å². The summed E-state index contributed by atoms with van der Waals surface area (Å²) in [6, 6.07) is 9.96. The minimum atomic E-state index is 0. The van der Waals surface area contributed by atoms with Crippen molar-refractivity contribution in [2.24, 2.45) is 0 Å². The van der Waals surface area contributed by atoms with Gasteiger partial charge in [-0.3, -0.25) is 0 Å². The molecule has 1 aromatic carbocycles. The molecule has 0 spiro atoms. The molecular formula is C10H13N2NaS2. The third kappa shape index (κ3) is 5.24. The van der Waals surface area contributed by atoms with Gasteiger partial charge in [0.2, 0.25) is 0 Å². The van der Waals surface area contributed by atoms with Gasteiger partial charge < -0.3 is 35.1 Å². The van der Waals surface area contributed by atoms with Crippen molar-refractivity contribution in [3.05, 3.63) is 30.3 Å². The Hall–Kier alpha value is 0.290. The maximum atomic E-state index is 5.03. The Labute approximate surface area is 124 Å². The number of likely N-dealkylation sites (N-methyl/N-ethyl adjacent to an activating group) is 1. The van der Waals surface area contributed by atoms with E-state index in [-0.39, 0.29) is 29.6 Å². The first-order valence-electron chi connectivity index (χ1n) is 4.44. The molecule has 0 saturated heterocycles. The molecule has 76 valence electrons. The Kier molecular flexibility index (Phi) is 8.61. The van der Waals surface area contributed by atoms with E-state index in [9.17, 15) is 0 Å².